The smallest absolute Gasteiger partial charge is 0.406 e. The van der Waals surface area contributed by atoms with Crippen LogP contribution in [-0.2, 0) is 6.54 Å². The molecule has 0 aliphatic carbocycles. The summed E-state index contributed by atoms with van der Waals surface area (Å²) < 4.78 is 42.6. The van der Waals surface area contributed by atoms with Crippen LogP contribution in [0.15, 0.2) is 53.9 Å². The number of halogens is 3. The zero-order valence-corrected chi connectivity index (χ0v) is 17.0. The van der Waals surface area contributed by atoms with Gasteiger partial charge in [-0.2, -0.15) is 0 Å². The number of benzene rings is 2. The summed E-state index contributed by atoms with van der Waals surface area (Å²) in [5.74, 6) is 1.03. The molecule has 0 atom stereocenters. The number of nitrogens with zero attached hydrogens (tertiary/aromatic N) is 4. The summed E-state index contributed by atoms with van der Waals surface area (Å²) >= 11 is 1.38. The van der Waals surface area contributed by atoms with Gasteiger partial charge in [-0.15, -0.1) is 29.6 Å². The molecule has 0 saturated heterocycles. The lowest BCUT2D eigenvalue weighted by atomic mass is 10.1. The Bertz CT molecular complexity index is 1150. The second-order valence-electron chi connectivity index (χ2n) is 6.74. The summed E-state index contributed by atoms with van der Waals surface area (Å²) in [4.78, 5) is 9.06. The number of alkyl halides is 3. The highest BCUT2D eigenvalue weighted by molar-refractivity contribution is 7.13. The van der Waals surface area contributed by atoms with Gasteiger partial charge >= 0.3 is 6.36 Å². The topological polar surface area (TPSA) is 52.8 Å². The van der Waals surface area contributed by atoms with Crippen molar-refractivity contribution in [1.29, 1.82) is 0 Å². The average molecular weight is 430 g/mol. The molecule has 0 radical (unpaired) electrons. The summed E-state index contributed by atoms with van der Waals surface area (Å²) in [7, 11) is 0. The lowest BCUT2D eigenvalue weighted by Crippen LogP contribution is -2.16. The van der Waals surface area contributed by atoms with Crippen LogP contribution in [0.1, 0.15) is 17.0 Å². The third kappa shape index (κ3) is 4.68. The van der Waals surface area contributed by atoms with Crippen molar-refractivity contribution >= 4 is 11.3 Å². The largest absolute Gasteiger partial charge is 0.573 e. The van der Waals surface area contributed by atoms with Crippen LogP contribution >= 0.6 is 11.3 Å². The number of hydrogen-bond donors (Lipinski definition) is 0. The summed E-state index contributed by atoms with van der Waals surface area (Å²) in [6, 6.07) is 13.8. The van der Waals surface area contributed by atoms with Crippen molar-refractivity contribution in [2.24, 2.45) is 0 Å². The molecule has 9 heteroatoms. The fourth-order valence-corrected chi connectivity index (χ4v) is 3.62. The van der Waals surface area contributed by atoms with Crippen LogP contribution in [0.3, 0.4) is 0 Å². The van der Waals surface area contributed by atoms with Crippen LogP contribution in [0, 0.1) is 13.8 Å². The predicted molar refractivity (Wildman–Crippen MR) is 108 cm³/mol. The minimum absolute atomic E-state index is 0.270. The molecule has 0 spiro atoms. The average Bonchev–Trinajstić information content (AvgIpc) is 3.30. The zero-order chi connectivity index (χ0) is 21.3. The van der Waals surface area contributed by atoms with Crippen molar-refractivity contribution in [3.8, 4) is 27.8 Å². The van der Waals surface area contributed by atoms with Crippen molar-refractivity contribution in [2.75, 3.05) is 0 Å². The van der Waals surface area contributed by atoms with E-state index in [0.717, 1.165) is 11.4 Å². The molecule has 30 heavy (non-hydrogen) atoms. The number of hydrogen-bond acceptors (Lipinski definition) is 5. The SMILES string of the molecule is Cc1ccc(Cn2nc(-c3nc(-c4ccc(OC(F)(F)F)cc4)cs3)nc2C)cc1. The molecule has 2 aromatic heterocycles. The van der Waals surface area contributed by atoms with Gasteiger partial charge in [0.15, 0.2) is 5.01 Å². The molecule has 2 heterocycles. The van der Waals surface area contributed by atoms with Crippen molar-refractivity contribution in [3.05, 3.63) is 70.9 Å². The van der Waals surface area contributed by atoms with E-state index < -0.39 is 6.36 Å². The Morgan fingerprint density at radius 2 is 1.67 bits per heavy atom. The van der Waals surface area contributed by atoms with E-state index in [0.29, 0.717) is 28.6 Å². The summed E-state index contributed by atoms with van der Waals surface area (Å²) in [5, 5.41) is 7.04. The summed E-state index contributed by atoms with van der Waals surface area (Å²) in [6.45, 7) is 4.54. The van der Waals surface area contributed by atoms with E-state index in [9.17, 15) is 13.2 Å². The normalized spacial score (nSPS) is 11.6. The highest BCUT2D eigenvalue weighted by atomic mass is 32.1. The Balaban J connectivity index is 1.52. The molecule has 154 valence electrons. The van der Waals surface area contributed by atoms with Gasteiger partial charge in [-0.1, -0.05) is 29.8 Å². The van der Waals surface area contributed by atoms with Crippen LogP contribution in [-0.4, -0.2) is 26.1 Å². The van der Waals surface area contributed by atoms with E-state index in [2.05, 4.69) is 44.1 Å². The van der Waals surface area contributed by atoms with Crippen LogP contribution in [0.25, 0.3) is 22.1 Å². The van der Waals surface area contributed by atoms with Gasteiger partial charge in [-0.3, -0.25) is 0 Å². The molecule has 0 bridgehead atoms. The van der Waals surface area contributed by atoms with Gasteiger partial charge < -0.3 is 4.74 Å². The van der Waals surface area contributed by atoms with Gasteiger partial charge in [0.05, 0.1) is 12.2 Å². The molecule has 5 nitrogen and oxygen atoms in total. The Morgan fingerprint density at radius 3 is 2.33 bits per heavy atom. The Hall–Kier alpha value is -3.20. The van der Waals surface area contributed by atoms with Gasteiger partial charge in [0.1, 0.15) is 11.6 Å². The standard InChI is InChI=1S/C21H17F3N4OS/c1-13-3-5-15(6-4-13)11-28-14(2)25-19(27-28)20-26-18(12-30-20)16-7-9-17(10-8-16)29-21(22,23)24/h3-10,12H,11H2,1-2H3. The first-order chi connectivity index (χ1) is 14.3. The Kier molecular flexibility index (Phi) is 5.29. The second kappa shape index (κ2) is 7.91. The zero-order valence-electron chi connectivity index (χ0n) is 16.1. The van der Waals surface area contributed by atoms with Crippen molar-refractivity contribution in [1.82, 2.24) is 19.7 Å². The lowest BCUT2D eigenvalue weighted by Gasteiger charge is -2.08. The first-order valence-electron chi connectivity index (χ1n) is 9.06. The fraction of sp³-hybridized carbons (Fsp3) is 0.190. The predicted octanol–water partition coefficient (Wildman–Crippen LogP) is 5.63. The summed E-state index contributed by atoms with van der Waals surface area (Å²) in [5.41, 5.74) is 3.65. The molecule has 2 aromatic carbocycles. The van der Waals surface area contributed by atoms with Crippen LogP contribution < -0.4 is 4.74 Å². The molecular formula is C21H17F3N4OS. The Labute approximate surface area is 174 Å². The summed E-state index contributed by atoms with van der Waals surface area (Å²) in [6.07, 6.45) is -4.71. The maximum atomic E-state index is 12.3. The molecule has 0 aliphatic heterocycles. The molecule has 0 N–H and O–H groups in total. The minimum Gasteiger partial charge on any atom is -0.406 e. The molecule has 0 fully saturated rings. The van der Waals surface area contributed by atoms with Crippen LogP contribution in [0.4, 0.5) is 13.2 Å². The van der Waals surface area contributed by atoms with E-state index in [-0.39, 0.29) is 5.75 Å². The van der Waals surface area contributed by atoms with Gasteiger partial charge in [-0.25, -0.2) is 14.6 Å². The van der Waals surface area contributed by atoms with Gasteiger partial charge in [0.25, 0.3) is 0 Å². The van der Waals surface area contributed by atoms with E-state index in [1.54, 1.807) is 0 Å². The van der Waals surface area contributed by atoms with Crippen molar-refractivity contribution in [2.45, 2.75) is 26.8 Å². The van der Waals surface area contributed by atoms with Gasteiger partial charge in [0, 0.05) is 10.9 Å². The van der Waals surface area contributed by atoms with Crippen molar-refractivity contribution in [3.63, 3.8) is 0 Å². The molecule has 4 rings (SSSR count). The van der Waals surface area contributed by atoms with E-state index in [1.807, 2.05) is 23.9 Å². The first-order valence-corrected chi connectivity index (χ1v) is 9.94. The molecule has 0 amide bonds. The maximum Gasteiger partial charge on any atom is 0.573 e. The number of ether oxygens (including phenoxy) is 1. The monoisotopic (exact) mass is 430 g/mol. The fourth-order valence-electron chi connectivity index (χ4n) is 2.86. The van der Waals surface area contributed by atoms with E-state index >= 15 is 0 Å². The third-order valence-electron chi connectivity index (χ3n) is 4.39. The second-order valence-corrected chi connectivity index (χ2v) is 7.59. The first kappa shape index (κ1) is 20.1. The van der Waals surface area contributed by atoms with Crippen LogP contribution in [0.5, 0.6) is 5.75 Å². The van der Waals surface area contributed by atoms with Crippen molar-refractivity contribution < 1.29 is 17.9 Å². The third-order valence-corrected chi connectivity index (χ3v) is 5.23. The van der Waals surface area contributed by atoms with E-state index in [1.165, 1.54) is 41.2 Å². The Morgan fingerprint density at radius 1 is 0.967 bits per heavy atom. The minimum atomic E-state index is -4.71. The highest BCUT2D eigenvalue weighted by Gasteiger charge is 2.31. The number of thiazole rings is 1. The number of aromatic nitrogens is 4. The van der Waals surface area contributed by atoms with E-state index in [4.69, 9.17) is 0 Å². The molecule has 4 aromatic rings. The number of aryl methyl sites for hydroxylation is 2. The molecule has 0 aliphatic rings. The maximum absolute atomic E-state index is 12.3. The molecule has 0 saturated carbocycles. The molecular weight excluding hydrogens is 413 g/mol. The van der Waals surface area contributed by atoms with Gasteiger partial charge in [-0.05, 0) is 43.7 Å². The number of rotatable bonds is 5. The lowest BCUT2D eigenvalue weighted by molar-refractivity contribution is -0.274. The quantitative estimate of drug-likeness (QED) is 0.412. The van der Waals surface area contributed by atoms with Gasteiger partial charge in [0.2, 0.25) is 5.82 Å². The molecule has 0 unspecified atom stereocenters. The highest BCUT2D eigenvalue weighted by Crippen LogP contribution is 2.30. The van der Waals surface area contributed by atoms with Crippen LogP contribution in [0.2, 0.25) is 0 Å².